The molecule has 0 saturated carbocycles. The van der Waals surface area contributed by atoms with Gasteiger partial charge in [-0.3, -0.25) is 0 Å². The van der Waals surface area contributed by atoms with Gasteiger partial charge in [-0.25, -0.2) is 4.98 Å². The van der Waals surface area contributed by atoms with Crippen molar-refractivity contribution in [3.8, 4) is 11.6 Å². The molecule has 2 aromatic heterocycles. The molecule has 2 aromatic rings. The lowest BCUT2D eigenvalue weighted by atomic mass is 10.1. The van der Waals surface area contributed by atoms with Crippen molar-refractivity contribution >= 4 is 5.70 Å². The van der Waals surface area contributed by atoms with Gasteiger partial charge in [0.1, 0.15) is 5.75 Å². The van der Waals surface area contributed by atoms with E-state index in [1.807, 2.05) is 6.07 Å². The van der Waals surface area contributed by atoms with E-state index in [0.717, 1.165) is 17.8 Å². The van der Waals surface area contributed by atoms with Crippen LogP contribution in [0.15, 0.2) is 31.2 Å². The summed E-state index contributed by atoms with van der Waals surface area (Å²) < 4.78 is 10.6. The lowest BCUT2D eigenvalue weighted by Gasteiger charge is -2.32. The molecule has 0 aliphatic rings. The molecule has 0 bridgehead atoms. The van der Waals surface area contributed by atoms with Gasteiger partial charge in [-0.05, 0) is 19.9 Å². The summed E-state index contributed by atoms with van der Waals surface area (Å²) in [7, 11) is 3.31. The summed E-state index contributed by atoms with van der Waals surface area (Å²) in [6.45, 7) is 9.84. The molecular formula is C16H23N5O2. The first-order valence-electron chi connectivity index (χ1n) is 7.47. The van der Waals surface area contributed by atoms with Crippen LogP contribution in [0.4, 0.5) is 0 Å². The van der Waals surface area contributed by atoms with E-state index in [4.69, 9.17) is 9.47 Å². The van der Waals surface area contributed by atoms with E-state index in [0.29, 0.717) is 18.2 Å². The lowest BCUT2D eigenvalue weighted by molar-refractivity contribution is 0.134. The fraction of sp³-hybridized carbons (Fsp3) is 0.438. The first kappa shape index (κ1) is 17.0. The summed E-state index contributed by atoms with van der Waals surface area (Å²) in [5.41, 5.74) is 1.65. The number of nitrogens with zero attached hydrogens (tertiary/aromatic N) is 5. The van der Waals surface area contributed by atoms with Crippen LogP contribution in [0.25, 0.3) is 11.5 Å². The van der Waals surface area contributed by atoms with Gasteiger partial charge in [0.25, 0.3) is 0 Å². The van der Waals surface area contributed by atoms with Crippen LogP contribution in [0.1, 0.15) is 19.4 Å². The highest BCUT2D eigenvalue weighted by atomic mass is 16.5. The fourth-order valence-electron chi connectivity index (χ4n) is 2.50. The van der Waals surface area contributed by atoms with Crippen LogP contribution < -0.4 is 4.74 Å². The van der Waals surface area contributed by atoms with Crippen molar-refractivity contribution in [2.75, 3.05) is 27.4 Å². The van der Waals surface area contributed by atoms with Crippen molar-refractivity contribution in [2.45, 2.75) is 19.9 Å². The average molecular weight is 317 g/mol. The van der Waals surface area contributed by atoms with Crippen LogP contribution in [0.3, 0.4) is 0 Å². The Morgan fingerprint density at radius 2 is 2.04 bits per heavy atom. The standard InChI is InChI=1S/C16H23N5O2/c1-6-20(12(2)11-22-4)13(3)15-9-14(23-5)10-17-16(15)21-18-7-8-19-21/h7-10,12H,3,6,11H2,1-2,4-5H3. The van der Waals surface area contributed by atoms with Crippen molar-refractivity contribution in [1.29, 1.82) is 0 Å². The van der Waals surface area contributed by atoms with Gasteiger partial charge in [0.15, 0.2) is 5.82 Å². The Hall–Kier alpha value is -2.41. The zero-order chi connectivity index (χ0) is 16.8. The maximum absolute atomic E-state index is 5.30. The molecule has 124 valence electrons. The van der Waals surface area contributed by atoms with Crippen molar-refractivity contribution in [2.24, 2.45) is 0 Å². The number of hydrogen-bond acceptors (Lipinski definition) is 6. The van der Waals surface area contributed by atoms with E-state index in [9.17, 15) is 0 Å². The fourth-order valence-corrected chi connectivity index (χ4v) is 2.50. The van der Waals surface area contributed by atoms with Crippen LogP contribution in [0.2, 0.25) is 0 Å². The van der Waals surface area contributed by atoms with Crippen LogP contribution in [-0.2, 0) is 4.74 Å². The van der Waals surface area contributed by atoms with Gasteiger partial charge >= 0.3 is 0 Å². The summed E-state index contributed by atoms with van der Waals surface area (Å²) >= 11 is 0. The van der Waals surface area contributed by atoms with Crippen molar-refractivity contribution in [1.82, 2.24) is 24.9 Å². The van der Waals surface area contributed by atoms with E-state index < -0.39 is 0 Å². The number of rotatable bonds is 8. The Morgan fingerprint density at radius 1 is 1.35 bits per heavy atom. The van der Waals surface area contributed by atoms with Crippen molar-refractivity contribution in [3.63, 3.8) is 0 Å². The van der Waals surface area contributed by atoms with E-state index in [1.165, 1.54) is 4.80 Å². The number of pyridine rings is 1. The average Bonchev–Trinajstić information content (AvgIpc) is 3.09. The van der Waals surface area contributed by atoms with Crippen molar-refractivity contribution < 1.29 is 9.47 Å². The summed E-state index contributed by atoms with van der Waals surface area (Å²) in [6.07, 6.45) is 4.87. The van der Waals surface area contributed by atoms with Crippen LogP contribution in [0, 0.1) is 0 Å². The second-order valence-corrected chi connectivity index (χ2v) is 5.10. The van der Waals surface area contributed by atoms with Crippen LogP contribution >= 0.6 is 0 Å². The summed E-state index contributed by atoms with van der Waals surface area (Å²) in [6, 6.07) is 2.08. The molecule has 0 aliphatic carbocycles. The third-order valence-electron chi connectivity index (χ3n) is 3.62. The predicted octanol–water partition coefficient (Wildman–Crippen LogP) is 2.00. The number of likely N-dealkylation sites (N-methyl/N-ethyl adjacent to an activating group) is 1. The topological polar surface area (TPSA) is 65.3 Å². The van der Waals surface area contributed by atoms with E-state index in [-0.39, 0.29) is 6.04 Å². The summed E-state index contributed by atoms with van der Waals surface area (Å²) in [5, 5.41) is 8.34. The second-order valence-electron chi connectivity index (χ2n) is 5.10. The Bertz CT molecular complexity index is 642. The molecule has 0 saturated heterocycles. The molecule has 23 heavy (non-hydrogen) atoms. The largest absolute Gasteiger partial charge is 0.495 e. The highest BCUT2D eigenvalue weighted by Crippen LogP contribution is 2.27. The normalized spacial score (nSPS) is 12.0. The number of methoxy groups -OCH3 is 2. The molecule has 2 heterocycles. The van der Waals surface area contributed by atoms with Crippen LogP contribution in [-0.4, -0.2) is 58.3 Å². The minimum Gasteiger partial charge on any atom is -0.495 e. The quantitative estimate of drug-likeness (QED) is 0.742. The minimum atomic E-state index is 0.183. The molecule has 1 atom stereocenters. The molecule has 0 aliphatic heterocycles. The van der Waals surface area contributed by atoms with Gasteiger partial charge in [-0.2, -0.15) is 10.2 Å². The van der Waals surface area contributed by atoms with Gasteiger partial charge in [0.2, 0.25) is 0 Å². The maximum atomic E-state index is 5.30. The van der Waals surface area contributed by atoms with Gasteiger partial charge in [-0.1, -0.05) is 6.58 Å². The van der Waals surface area contributed by atoms with Gasteiger partial charge < -0.3 is 14.4 Å². The molecule has 0 fully saturated rings. The maximum Gasteiger partial charge on any atom is 0.183 e. The Kier molecular flexibility index (Phi) is 5.70. The Balaban J connectivity index is 2.44. The van der Waals surface area contributed by atoms with E-state index in [2.05, 4.69) is 40.5 Å². The van der Waals surface area contributed by atoms with Gasteiger partial charge in [0.05, 0.1) is 32.3 Å². The van der Waals surface area contributed by atoms with E-state index in [1.54, 1.807) is 32.8 Å². The number of aromatic nitrogens is 4. The molecule has 0 aromatic carbocycles. The third kappa shape index (κ3) is 3.68. The smallest absolute Gasteiger partial charge is 0.183 e. The van der Waals surface area contributed by atoms with Crippen molar-refractivity contribution in [3.05, 3.63) is 36.8 Å². The third-order valence-corrected chi connectivity index (χ3v) is 3.62. The zero-order valence-corrected chi connectivity index (χ0v) is 14.1. The molecule has 1 unspecified atom stereocenters. The monoisotopic (exact) mass is 317 g/mol. The molecule has 0 spiro atoms. The van der Waals surface area contributed by atoms with Gasteiger partial charge in [0, 0.05) is 31.0 Å². The second kappa shape index (κ2) is 7.73. The SMILES string of the molecule is C=C(c1cc(OC)cnc1-n1nccn1)N(CC)C(C)COC. The first-order valence-corrected chi connectivity index (χ1v) is 7.47. The van der Waals surface area contributed by atoms with Gasteiger partial charge in [-0.15, -0.1) is 4.80 Å². The van der Waals surface area contributed by atoms with Crippen LogP contribution in [0.5, 0.6) is 5.75 Å². The lowest BCUT2D eigenvalue weighted by Crippen LogP contribution is -2.34. The Labute approximate surface area is 136 Å². The molecular weight excluding hydrogens is 294 g/mol. The summed E-state index contributed by atoms with van der Waals surface area (Å²) in [4.78, 5) is 8.07. The zero-order valence-electron chi connectivity index (χ0n) is 14.1. The molecule has 7 nitrogen and oxygen atoms in total. The number of hydrogen-bond donors (Lipinski definition) is 0. The highest BCUT2D eigenvalue weighted by Gasteiger charge is 2.20. The number of ether oxygens (including phenoxy) is 2. The predicted molar refractivity (Wildman–Crippen MR) is 88.5 cm³/mol. The molecule has 7 heteroatoms. The van der Waals surface area contributed by atoms with E-state index >= 15 is 0 Å². The molecule has 0 radical (unpaired) electrons. The first-order chi connectivity index (χ1) is 11.1. The summed E-state index contributed by atoms with van der Waals surface area (Å²) in [5.74, 6) is 1.27. The Morgan fingerprint density at radius 3 is 2.61 bits per heavy atom. The molecule has 0 amide bonds. The molecule has 2 rings (SSSR count). The minimum absolute atomic E-state index is 0.183. The molecule has 0 N–H and O–H groups in total. The highest BCUT2D eigenvalue weighted by molar-refractivity contribution is 5.69.